The molecule has 0 radical (unpaired) electrons. The summed E-state index contributed by atoms with van der Waals surface area (Å²) in [6, 6.07) is 1.90. The van der Waals surface area contributed by atoms with Crippen molar-refractivity contribution in [1.29, 1.82) is 0 Å². The van der Waals surface area contributed by atoms with Crippen molar-refractivity contribution < 1.29 is 4.74 Å². The quantitative estimate of drug-likeness (QED) is 0.830. The summed E-state index contributed by atoms with van der Waals surface area (Å²) in [7, 11) is 0. The number of aryl methyl sites for hydroxylation is 1. The zero-order valence-electron chi connectivity index (χ0n) is 12.7. The molecule has 0 aromatic carbocycles. The highest BCUT2D eigenvalue weighted by atomic mass is 16.5. The third-order valence-corrected chi connectivity index (χ3v) is 3.47. The zero-order valence-corrected chi connectivity index (χ0v) is 12.7. The fourth-order valence-electron chi connectivity index (χ4n) is 2.39. The van der Waals surface area contributed by atoms with Crippen molar-refractivity contribution in [3.63, 3.8) is 0 Å². The summed E-state index contributed by atoms with van der Waals surface area (Å²) in [6.45, 7) is 9.07. The van der Waals surface area contributed by atoms with Crippen LogP contribution >= 0.6 is 0 Å². The van der Waals surface area contributed by atoms with Crippen LogP contribution in [0.25, 0.3) is 0 Å². The van der Waals surface area contributed by atoms with E-state index in [-0.39, 0.29) is 0 Å². The molecule has 1 aromatic heterocycles. The molecule has 1 saturated heterocycles. The van der Waals surface area contributed by atoms with Gasteiger partial charge in [-0.3, -0.25) is 4.90 Å². The highest BCUT2D eigenvalue weighted by molar-refractivity contribution is 5.30. The SMILES string of the molecule is CCCNc1nc(C)cc(OCCN2CCCCC2)n1. The molecule has 2 heterocycles. The van der Waals surface area contributed by atoms with E-state index in [1.165, 1.54) is 32.4 Å². The summed E-state index contributed by atoms with van der Waals surface area (Å²) in [5.41, 5.74) is 0.937. The van der Waals surface area contributed by atoms with Crippen molar-refractivity contribution >= 4 is 5.95 Å². The van der Waals surface area contributed by atoms with E-state index in [0.717, 1.165) is 25.2 Å². The highest BCUT2D eigenvalue weighted by Crippen LogP contribution is 2.13. The van der Waals surface area contributed by atoms with E-state index < -0.39 is 0 Å². The molecule has 1 aliphatic rings. The Morgan fingerprint density at radius 2 is 2.05 bits per heavy atom. The molecular formula is C15H26N4O. The van der Waals surface area contributed by atoms with E-state index in [2.05, 4.69) is 27.1 Å². The first-order chi connectivity index (χ1) is 9.78. The van der Waals surface area contributed by atoms with Crippen LogP contribution in [0.4, 0.5) is 5.95 Å². The van der Waals surface area contributed by atoms with Crippen molar-refractivity contribution in [2.75, 3.05) is 38.1 Å². The molecule has 1 fully saturated rings. The molecule has 0 unspecified atom stereocenters. The van der Waals surface area contributed by atoms with Crippen molar-refractivity contribution in [2.24, 2.45) is 0 Å². The Morgan fingerprint density at radius 1 is 1.25 bits per heavy atom. The van der Waals surface area contributed by atoms with Gasteiger partial charge in [-0.1, -0.05) is 13.3 Å². The Bertz CT molecular complexity index is 405. The van der Waals surface area contributed by atoms with Crippen LogP contribution in [0.15, 0.2) is 6.07 Å². The van der Waals surface area contributed by atoms with Crippen LogP contribution in [0.2, 0.25) is 0 Å². The molecule has 2 rings (SSSR count). The standard InChI is InChI=1S/C15H26N4O/c1-3-7-16-15-17-13(2)12-14(18-15)20-11-10-19-8-5-4-6-9-19/h12H,3-11H2,1-2H3,(H,16,17,18). The minimum Gasteiger partial charge on any atom is -0.476 e. The molecule has 1 aromatic rings. The van der Waals surface area contributed by atoms with Gasteiger partial charge in [-0.2, -0.15) is 4.98 Å². The molecule has 0 spiro atoms. The van der Waals surface area contributed by atoms with Gasteiger partial charge in [0.1, 0.15) is 6.61 Å². The Kier molecular flexibility index (Phi) is 6.05. The Balaban J connectivity index is 1.80. The second-order valence-electron chi connectivity index (χ2n) is 5.35. The van der Waals surface area contributed by atoms with Crippen LogP contribution in [0.1, 0.15) is 38.3 Å². The van der Waals surface area contributed by atoms with Crippen LogP contribution in [-0.4, -0.2) is 47.7 Å². The second-order valence-corrected chi connectivity index (χ2v) is 5.35. The number of hydrogen-bond acceptors (Lipinski definition) is 5. The number of likely N-dealkylation sites (tertiary alicyclic amines) is 1. The largest absolute Gasteiger partial charge is 0.476 e. The van der Waals surface area contributed by atoms with Crippen molar-refractivity contribution in [3.8, 4) is 5.88 Å². The van der Waals surface area contributed by atoms with Gasteiger partial charge in [0, 0.05) is 24.8 Å². The number of nitrogens with zero attached hydrogens (tertiary/aromatic N) is 3. The fraction of sp³-hybridized carbons (Fsp3) is 0.733. The maximum Gasteiger partial charge on any atom is 0.226 e. The minimum atomic E-state index is 0.667. The highest BCUT2D eigenvalue weighted by Gasteiger charge is 2.10. The predicted molar refractivity (Wildman–Crippen MR) is 81.3 cm³/mol. The molecule has 5 nitrogen and oxygen atoms in total. The number of piperidine rings is 1. The fourth-order valence-corrected chi connectivity index (χ4v) is 2.39. The molecule has 0 aliphatic carbocycles. The first kappa shape index (κ1) is 15.0. The zero-order chi connectivity index (χ0) is 14.2. The van der Waals surface area contributed by atoms with Crippen LogP contribution in [0, 0.1) is 6.92 Å². The van der Waals surface area contributed by atoms with E-state index >= 15 is 0 Å². The maximum atomic E-state index is 5.78. The predicted octanol–water partition coefficient (Wildman–Crippen LogP) is 2.47. The lowest BCUT2D eigenvalue weighted by atomic mass is 10.1. The van der Waals surface area contributed by atoms with Gasteiger partial charge in [0.15, 0.2) is 0 Å². The number of nitrogens with one attached hydrogen (secondary N) is 1. The number of rotatable bonds is 7. The lowest BCUT2D eigenvalue weighted by Gasteiger charge is -2.26. The van der Waals surface area contributed by atoms with Crippen LogP contribution < -0.4 is 10.1 Å². The van der Waals surface area contributed by atoms with Crippen molar-refractivity contribution in [1.82, 2.24) is 14.9 Å². The van der Waals surface area contributed by atoms with Gasteiger partial charge in [0.05, 0.1) is 0 Å². The van der Waals surface area contributed by atoms with E-state index in [4.69, 9.17) is 4.74 Å². The lowest BCUT2D eigenvalue weighted by molar-refractivity contribution is 0.180. The number of anilines is 1. The van der Waals surface area contributed by atoms with Crippen LogP contribution in [0.5, 0.6) is 5.88 Å². The number of ether oxygens (including phenoxy) is 1. The molecule has 20 heavy (non-hydrogen) atoms. The maximum absolute atomic E-state index is 5.78. The molecule has 0 atom stereocenters. The van der Waals surface area contributed by atoms with Crippen molar-refractivity contribution in [3.05, 3.63) is 11.8 Å². The van der Waals surface area contributed by atoms with Gasteiger partial charge < -0.3 is 10.1 Å². The van der Waals surface area contributed by atoms with E-state index in [1.807, 2.05) is 13.0 Å². The van der Waals surface area contributed by atoms with Crippen LogP contribution in [0.3, 0.4) is 0 Å². The summed E-state index contributed by atoms with van der Waals surface area (Å²) in [4.78, 5) is 11.2. The average molecular weight is 278 g/mol. The smallest absolute Gasteiger partial charge is 0.226 e. The molecule has 112 valence electrons. The summed E-state index contributed by atoms with van der Waals surface area (Å²) in [5, 5.41) is 3.20. The average Bonchev–Trinajstić information content (AvgIpc) is 2.46. The lowest BCUT2D eigenvalue weighted by Crippen LogP contribution is -2.33. The van der Waals surface area contributed by atoms with Gasteiger partial charge in [-0.15, -0.1) is 0 Å². The van der Waals surface area contributed by atoms with E-state index in [0.29, 0.717) is 18.4 Å². The molecule has 0 saturated carbocycles. The van der Waals surface area contributed by atoms with Gasteiger partial charge in [-0.25, -0.2) is 4.98 Å². The third-order valence-electron chi connectivity index (χ3n) is 3.47. The normalized spacial score (nSPS) is 16.1. The topological polar surface area (TPSA) is 50.3 Å². The molecule has 0 bridgehead atoms. The van der Waals surface area contributed by atoms with Gasteiger partial charge in [0.2, 0.25) is 11.8 Å². The Hall–Kier alpha value is -1.36. The first-order valence-electron chi connectivity index (χ1n) is 7.72. The monoisotopic (exact) mass is 278 g/mol. The second kappa shape index (κ2) is 8.04. The van der Waals surface area contributed by atoms with Gasteiger partial charge in [-0.05, 0) is 39.3 Å². The Labute approximate surface area is 121 Å². The summed E-state index contributed by atoms with van der Waals surface area (Å²) in [6.07, 6.45) is 5.06. The number of hydrogen-bond donors (Lipinski definition) is 1. The van der Waals surface area contributed by atoms with E-state index in [1.54, 1.807) is 0 Å². The van der Waals surface area contributed by atoms with E-state index in [9.17, 15) is 0 Å². The van der Waals surface area contributed by atoms with Crippen molar-refractivity contribution in [2.45, 2.75) is 39.5 Å². The van der Waals surface area contributed by atoms with Crippen LogP contribution in [-0.2, 0) is 0 Å². The minimum absolute atomic E-state index is 0.667. The summed E-state index contributed by atoms with van der Waals surface area (Å²) >= 11 is 0. The third kappa shape index (κ3) is 4.96. The molecule has 1 aliphatic heterocycles. The first-order valence-corrected chi connectivity index (χ1v) is 7.72. The summed E-state index contributed by atoms with van der Waals surface area (Å²) in [5.74, 6) is 1.34. The molecule has 5 heteroatoms. The van der Waals surface area contributed by atoms with Gasteiger partial charge in [0.25, 0.3) is 0 Å². The number of aromatic nitrogens is 2. The molecular weight excluding hydrogens is 252 g/mol. The Morgan fingerprint density at radius 3 is 2.80 bits per heavy atom. The summed E-state index contributed by atoms with van der Waals surface area (Å²) < 4.78 is 5.78. The molecule has 1 N–H and O–H groups in total. The molecule has 0 amide bonds. The van der Waals surface area contributed by atoms with Gasteiger partial charge >= 0.3 is 0 Å².